The second kappa shape index (κ2) is 6.59. The van der Waals surface area contributed by atoms with Crippen molar-refractivity contribution < 1.29 is 19.1 Å². The van der Waals surface area contributed by atoms with E-state index in [0.717, 1.165) is 37.8 Å². The van der Waals surface area contributed by atoms with Crippen LogP contribution in [-0.4, -0.2) is 43.2 Å². The van der Waals surface area contributed by atoms with Crippen molar-refractivity contribution in [2.24, 2.45) is 7.05 Å². The first kappa shape index (κ1) is 16.8. The molecule has 1 amide bonds. The van der Waals surface area contributed by atoms with Crippen LogP contribution in [0.1, 0.15) is 82.9 Å². The van der Waals surface area contributed by atoms with E-state index in [2.05, 4.69) is 10.1 Å². The Labute approximate surface area is 150 Å². The Morgan fingerprint density at radius 2 is 2.04 bits per heavy atom. The Bertz CT molecular complexity index is 836. The third-order valence-corrected chi connectivity index (χ3v) is 5.51. The number of aromatic nitrogens is 3. The highest BCUT2D eigenvalue weighted by molar-refractivity contribution is 5.93. The maximum absolute atomic E-state index is 13.2. The van der Waals surface area contributed by atoms with E-state index >= 15 is 0 Å². The number of carboxylic acids is 1. The van der Waals surface area contributed by atoms with Crippen molar-refractivity contribution in [1.29, 1.82) is 0 Å². The number of aromatic carboxylic acids is 1. The molecule has 2 aliphatic rings. The molecule has 26 heavy (non-hydrogen) atoms. The minimum Gasteiger partial charge on any atom is -0.476 e. The summed E-state index contributed by atoms with van der Waals surface area (Å²) >= 11 is 0. The Kier molecular flexibility index (Phi) is 4.26. The minimum absolute atomic E-state index is 0.116. The smallest absolute Gasteiger partial charge is 0.358 e. The van der Waals surface area contributed by atoms with E-state index in [1.54, 1.807) is 16.6 Å². The molecule has 0 spiro atoms. The van der Waals surface area contributed by atoms with E-state index in [0.29, 0.717) is 24.6 Å². The number of rotatable bonds is 4. The number of carbonyl (C=O) groups is 2. The molecule has 0 aromatic carbocycles. The summed E-state index contributed by atoms with van der Waals surface area (Å²) in [5.74, 6) is -0.567. The van der Waals surface area contributed by atoms with Crippen LogP contribution in [0.5, 0.6) is 0 Å². The van der Waals surface area contributed by atoms with E-state index < -0.39 is 12.0 Å². The molecule has 0 radical (unpaired) electrons. The van der Waals surface area contributed by atoms with Crippen molar-refractivity contribution in [3.05, 3.63) is 35.3 Å². The third-order valence-electron chi connectivity index (χ3n) is 5.51. The molecule has 1 saturated heterocycles. The van der Waals surface area contributed by atoms with E-state index in [9.17, 15) is 14.7 Å². The van der Waals surface area contributed by atoms with Gasteiger partial charge in [-0.2, -0.15) is 5.10 Å². The van der Waals surface area contributed by atoms with Crippen molar-refractivity contribution in [1.82, 2.24) is 19.7 Å². The summed E-state index contributed by atoms with van der Waals surface area (Å²) in [7, 11) is 1.78. The summed E-state index contributed by atoms with van der Waals surface area (Å²) in [4.78, 5) is 30.1. The molecule has 0 bridgehead atoms. The van der Waals surface area contributed by atoms with Gasteiger partial charge in [0.1, 0.15) is 5.69 Å². The molecule has 2 fully saturated rings. The molecule has 8 heteroatoms. The van der Waals surface area contributed by atoms with E-state index in [1.165, 1.54) is 6.42 Å². The molecule has 138 valence electrons. The van der Waals surface area contributed by atoms with Crippen molar-refractivity contribution in [3.8, 4) is 0 Å². The summed E-state index contributed by atoms with van der Waals surface area (Å²) in [6.45, 7) is 0.563. The van der Waals surface area contributed by atoms with Crippen molar-refractivity contribution in [2.75, 3.05) is 6.54 Å². The van der Waals surface area contributed by atoms with Crippen LogP contribution in [-0.2, 0) is 7.05 Å². The zero-order chi connectivity index (χ0) is 18.3. The lowest BCUT2D eigenvalue weighted by atomic mass is 9.83. The number of amides is 1. The normalized spacial score (nSPS) is 20.8. The van der Waals surface area contributed by atoms with E-state index in [4.69, 9.17) is 4.42 Å². The van der Waals surface area contributed by atoms with Gasteiger partial charge in [-0.25, -0.2) is 9.78 Å². The number of hydrogen-bond acceptors (Lipinski definition) is 5. The summed E-state index contributed by atoms with van der Waals surface area (Å²) in [5.41, 5.74) is 1.40. The highest BCUT2D eigenvalue weighted by atomic mass is 16.4. The van der Waals surface area contributed by atoms with Gasteiger partial charge in [-0.1, -0.05) is 6.42 Å². The Hall–Kier alpha value is -2.64. The fourth-order valence-electron chi connectivity index (χ4n) is 3.84. The second-order valence-electron chi connectivity index (χ2n) is 7.09. The highest BCUT2D eigenvalue weighted by Gasteiger charge is 2.36. The molecule has 3 heterocycles. The number of oxazole rings is 1. The molecule has 1 atom stereocenters. The number of likely N-dealkylation sites (tertiary alicyclic amines) is 1. The second-order valence-corrected chi connectivity index (χ2v) is 7.09. The molecule has 1 aliphatic heterocycles. The summed E-state index contributed by atoms with van der Waals surface area (Å²) in [5, 5.41) is 13.9. The van der Waals surface area contributed by atoms with Crippen molar-refractivity contribution in [3.63, 3.8) is 0 Å². The van der Waals surface area contributed by atoms with Gasteiger partial charge in [-0.3, -0.25) is 9.48 Å². The predicted molar refractivity (Wildman–Crippen MR) is 90.9 cm³/mol. The fourth-order valence-corrected chi connectivity index (χ4v) is 3.84. The Morgan fingerprint density at radius 3 is 2.73 bits per heavy atom. The van der Waals surface area contributed by atoms with Crippen LogP contribution in [0.25, 0.3) is 0 Å². The monoisotopic (exact) mass is 358 g/mol. The van der Waals surface area contributed by atoms with Crippen LogP contribution >= 0.6 is 0 Å². The van der Waals surface area contributed by atoms with Crippen LogP contribution in [0, 0.1) is 0 Å². The quantitative estimate of drug-likeness (QED) is 0.902. The molecular weight excluding hydrogens is 336 g/mol. The summed E-state index contributed by atoms with van der Waals surface area (Å²) in [6.07, 6.45) is 7.04. The van der Waals surface area contributed by atoms with Gasteiger partial charge in [0.05, 0.1) is 11.7 Å². The van der Waals surface area contributed by atoms with Gasteiger partial charge in [0.25, 0.3) is 5.91 Å². The third kappa shape index (κ3) is 2.79. The number of piperidine rings is 1. The summed E-state index contributed by atoms with van der Waals surface area (Å²) < 4.78 is 7.01. The van der Waals surface area contributed by atoms with Crippen LogP contribution < -0.4 is 0 Å². The minimum atomic E-state index is -1.14. The Morgan fingerprint density at radius 1 is 1.23 bits per heavy atom. The molecule has 1 aliphatic carbocycles. The standard InChI is InChI=1S/C18H22N4O4/c1-21-14(9-12(20-21)11-5-4-6-11)17(23)22-8-3-2-7-13(22)16-15(18(24)25)19-10-26-16/h9-11,13H,2-8H2,1H3,(H,24,25). The van der Waals surface area contributed by atoms with E-state index in [1.807, 2.05) is 6.07 Å². The predicted octanol–water partition coefficient (Wildman–Crippen LogP) is 2.74. The van der Waals surface area contributed by atoms with Gasteiger partial charge in [0.2, 0.25) is 0 Å². The van der Waals surface area contributed by atoms with Gasteiger partial charge < -0.3 is 14.4 Å². The van der Waals surface area contributed by atoms with Gasteiger partial charge >= 0.3 is 5.97 Å². The first-order valence-corrected chi connectivity index (χ1v) is 9.08. The van der Waals surface area contributed by atoms with E-state index in [-0.39, 0.29) is 17.4 Å². The maximum atomic E-state index is 13.2. The zero-order valence-electron chi connectivity index (χ0n) is 14.7. The van der Waals surface area contributed by atoms with Gasteiger partial charge in [0.15, 0.2) is 17.8 Å². The topological polar surface area (TPSA) is 101 Å². The van der Waals surface area contributed by atoms with Gasteiger partial charge in [-0.15, -0.1) is 0 Å². The van der Waals surface area contributed by atoms with Crippen molar-refractivity contribution in [2.45, 2.75) is 50.5 Å². The lowest BCUT2D eigenvalue weighted by Crippen LogP contribution is -2.39. The van der Waals surface area contributed by atoms with Crippen LogP contribution in [0.4, 0.5) is 0 Å². The SMILES string of the molecule is Cn1nc(C2CCC2)cc1C(=O)N1CCCCC1c1ocnc1C(=O)O. The molecule has 2 aromatic heterocycles. The first-order valence-electron chi connectivity index (χ1n) is 9.08. The lowest BCUT2D eigenvalue weighted by molar-refractivity contribution is 0.0552. The first-order chi connectivity index (χ1) is 12.6. The number of nitrogens with zero attached hydrogens (tertiary/aromatic N) is 4. The average molecular weight is 358 g/mol. The maximum Gasteiger partial charge on any atom is 0.358 e. The van der Waals surface area contributed by atoms with Gasteiger partial charge in [0, 0.05) is 19.5 Å². The number of carboxylic acid groups (broad SMARTS) is 1. The number of hydrogen-bond donors (Lipinski definition) is 1. The van der Waals surface area contributed by atoms with Crippen LogP contribution in [0.2, 0.25) is 0 Å². The zero-order valence-corrected chi connectivity index (χ0v) is 14.7. The molecule has 1 N–H and O–H groups in total. The molecule has 2 aromatic rings. The molecule has 1 unspecified atom stereocenters. The molecule has 1 saturated carbocycles. The van der Waals surface area contributed by atoms with Crippen molar-refractivity contribution >= 4 is 11.9 Å². The lowest BCUT2D eigenvalue weighted by Gasteiger charge is -2.34. The largest absolute Gasteiger partial charge is 0.476 e. The van der Waals surface area contributed by atoms with Gasteiger partial charge in [-0.05, 0) is 38.2 Å². The number of aryl methyl sites for hydroxylation is 1. The Balaban J connectivity index is 1.64. The highest BCUT2D eigenvalue weighted by Crippen LogP contribution is 2.37. The average Bonchev–Trinajstić information content (AvgIpc) is 3.20. The number of carbonyl (C=O) groups excluding carboxylic acids is 1. The molecule has 4 rings (SSSR count). The molecule has 8 nitrogen and oxygen atoms in total. The fraction of sp³-hybridized carbons (Fsp3) is 0.556. The summed E-state index contributed by atoms with van der Waals surface area (Å²) in [6, 6.07) is 1.47. The van der Waals surface area contributed by atoms with Crippen LogP contribution in [0.3, 0.4) is 0 Å². The molecular formula is C18H22N4O4. The van der Waals surface area contributed by atoms with Crippen LogP contribution in [0.15, 0.2) is 16.9 Å².